The summed E-state index contributed by atoms with van der Waals surface area (Å²) in [5.41, 5.74) is 2.64. The van der Waals surface area contributed by atoms with Crippen LogP contribution in [-0.4, -0.2) is 85.8 Å². The minimum Gasteiger partial charge on any atom is -0.368 e. The number of likely N-dealkylation sites (N-methyl/N-ethyl adjacent to an activating group) is 1. The number of nitrogens with zero attached hydrogens (tertiary/aromatic N) is 4. The van der Waals surface area contributed by atoms with Crippen LogP contribution in [0.25, 0.3) is 0 Å². The number of hydrogen-bond donors (Lipinski definition) is 0. The molecule has 2 heterocycles. The lowest BCUT2D eigenvalue weighted by Crippen LogP contribution is -2.51. The molecule has 2 saturated heterocycles. The van der Waals surface area contributed by atoms with Crippen molar-refractivity contribution < 1.29 is 18.8 Å². The Morgan fingerprint density at radius 1 is 1.03 bits per heavy atom. The number of carbonyl (C=O) groups excluding carboxylic acids is 3. The number of piperazine rings is 1. The fourth-order valence-corrected chi connectivity index (χ4v) is 5.22. The van der Waals surface area contributed by atoms with E-state index in [9.17, 15) is 18.8 Å². The van der Waals surface area contributed by atoms with Crippen LogP contribution in [0.15, 0.2) is 42.5 Å². The van der Waals surface area contributed by atoms with Crippen LogP contribution in [0.4, 0.5) is 10.1 Å². The molecule has 0 N–H and O–H groups in total. The normalized spacial score (nSPS) is 20.6. The van der Waals surface area contributed by atoms with Gasteiger partial charge >= 0.3 is 0 Å². The zero-order valence-electron chi connectivity index (χ0n) is 21.6. The van der Waals surface area contributed by atoms with Crippen LogP contribution in [0, 0.1) is 19.7 Å². The highest BCUT2D eigenvalue weighted by Crippen LogP contribution is 2.40. The quantitative estimate of drug-likeness (QED) is 0.554. The number of benzene rings is 2. The molecule has 7 nitrogen and oxygen atoms in total. The van der Waals surface area contributed by atoms with Gasteiger partial charge in [-0.3, -0.25) is 19.3 Å². The highest BCUT2D eigenvalue weighted by atomic mass is 19.1. The summed E-state index contributed by atoms with van der Waals surface area (Å²) in [6, 6.07) is 12.0. The Bertz CT molecular complexity index is 1160. The molecule has 8 heteroatoms. The van der Waals surface area contributed by atoms with E-state index in [2.05, 4.69) is 30.9 Å². The van der Waals surface area contributed by atoms with Crippen molar-refractivity contribution in [1.29, 1.82) is 0 Å². The summed E-state index contributed by atoms with van der Waals surface area (Å²) in [7, 11) is 3.73. The molecule has 36 heavy (non-hydrogen) atoms. The number of rotatable bonds is 7. The van der Waals surface area contributed by atoms with Crippen molar-refractivity contribution in [2.75, 3.05) is 58.3 Å². The van der Waals surface area contributed by atoms with Crippen molar-refractivity contribution in [3.8, 4) is 0 Å². The van der Waals surface area contributed by atoms with Gasteiger partial charge in [-0.2, -0.15) is 0 Å². The topological polar surface area (TPSA) is 64.2 Å². The lowest BCUT2D eigenvalue weighted by Gasteiger charge is -2.38. The summed E-state index contributed by atoms with van der Waals surface area (Å²) in [6.07, 6.45) is -0.278. The Morgan fingerprint density at radius 3 is 2.39 bits per heavy atom. The molecule has 2 aliphatic rings. The van der Waals surface area contributed by atoms with E-state index in [1.807, 2.05) is 25.1 Å². The first-order valence-electron chi connectivity index (χ1n) is 12.5. The summed E-state index contributed by atoms with van der Waals surface area (Å²) in [5, 5.41) is 0. The fourth-order valence-electron chi connectivity index (χ4n) is 5.22. The maximum atomic E-state index is 14.2. The average Bonchev–Trinajstić information content (AvgIpc) is 3.09. The molecule has 0 aliphatic carbocycles. The molecule has 0 bridgehead atoms. The van der Waals surface area contributed by atoms with Crippen LogP contribution >= 0.6 is 0 Å². The second-order valence-electron chi connectivity index (χ2n) is 10.2. The van der Waals surface area contributed by atoms with Gasteiger partial charge in [-0.1, -0.05) is 24.3 Å². The Balaban J connectivity index is 1.53. The maximum absolute atomic E-state index is 14.2. The van der Waals surface area contributed by atoms with E-state index < -0.39 is 17.1 Å². The number of halogens is 1. The van der Waals surface area contributed by atoms with Gasteiger partial charge < -0.3 is 14.7 Å². The molecular formula is C28H35FN4O3. The van der Waals surface area contributed by atoms with E-state index in [4.69, 9.17) is 0 Å². The molecule has 2 aromatic rings. The van der Waals surface area contributed by atoms with Crippen LogP contribution in [0.5, 0.6) is 0 Å². The lowest BCUT2D eigenvalue weighted by molar-refractivity contribution is -0.142. The van der Waals surface area contributed by atoms with Gasteiger partial charge in [0.05, 0.1) is 5.41 Å². The summed E-state index contributed by atoms with van der Waals surface area (Å²) in [4.78, 5) is 47.3. The number of amides is 3. The van der Waals surface area contributed by atoms with Gasteiger partial charge in [0, 0.05) is 57.8 Å². The van der Waals surface area contributed by atoms with Crippen molar-refractivity contribution in [1.82, 2.24) is 14.7 Å². The minimum atomic E-state index is -1.38. The summed E-state index contributed by atoms with van der Waals surface area (Å²) in [6.45, 7) is 7.38. The SMILES string of the molecule is Cc1cccc(N2CCN(C(=O)C[C@@]3(c4cccc(F)c4)CC(=O)N(CCN(C)C)C3=O)CC2)c1C. The largest absolute Gasteiger partial charge is 0.368 e. The number of aryl methyl sites for hydroxylation is 1. The molecule has 3 amide bonds. The van der Waals surface area contributed by atoms with E-state index in [1.54, 1.807) is 11.0 Å². The third kappa shape index (κ3) is 5.00. The predicted octanol–water partition coefficient (Wildman–Crippen LogP) is 2.74. The van der Waals surface area contributed by atoms with Gasteiger partial charge in [0.2, 0.25) is 17.7 Å². The van der Waals surface area contributed by atoms with Gasteiger partial charge in [0.25, 0.3) is 0 Å². The van der Waals surface area contributed by atoms with E-state index in [1.165, 1.54) is 39.9 Å². The Kier molecular flexibility index (Phi) is 7.45. The summed E-state index contributed by atoms with van der Waals surface area (Å²) >= 11 is 0. The molecule has 192 valence electrons. The van der Waals surface area contributed by atoms with E-state index in [0.29, 0.717) is 38.3 Å². The van der Waals surface area contributed by atoms with Gasteiger partial charge in [-0.25, -0.2) is 4.39 Å². The molecule has 2 aliphatic heterocycles. The van der Waals surface area contributed by atoms with Crippen LogP contribution < -0.4 is 4.90 Å². The van der Waals surface area contributed by atoms with Crippen molar-refractivity contribution >= 4 is 23.4 Å². The number of anilines is 1. The smallest absolute Gasteiger partial charge is 0.240 e. The minimum absolute atomic E-state index is 0.128. The zero-order valence-corrected chi connectivity index (χ0v) is 21.6. The van der Waals surface area contributed by atoms with Crippen LogP contribution in [0.2, 0.25) is 0 Å². The van der Waals surface area contributed by atoms with Gasteiger partial charge in [0.15, 0.2) is 0 Å². The number of hydrogen-bond acceptors (Lipinski definition) is 5. The van der Waals surface area contributed by atoms with E-state index in [0.717, 1.165) is 0 Å². The predicted molar refractivity (Wildman–Crippen MR) is 137 cm³/mol. The Labute approximate surface area is 212 Å². The zero-order chi connectivity index (χ0) is 26.0. The van der Waals surface area contributed by atoms with Gasteiger partial charge in [-0.15, -0.1) is 0 Å². The molecule has 0 aromatic heterocycles. The molecule has 0 saturated carbocycles. The van der Waals surface area contributed by atoms with Crippen LogP contribution in [0.1, 0.15) is 29.5 Å². The molecule has 2 aromatic carbocycles. The first-order valence-corrected chi connectivity index (χ1v) is 12.5. The molecule has 4 rings (SSSR count). The molecule has 2 fully saturated rings. The second kappa shape index (κ2) is 10.4. The highest BCUT2D eigenvalue weighted by Gasteiger charge is 2.54. The fraction of sp³-hybridized carbons (Fsp3) is 0.464. The molecule has 0 unspecified atom stereocenters. The first kappa shape index (κ1) is 25.8. The van der Waals surface area contributed by atoms with Crippen molar-refractivity contribution in [3.63, 3.8) is 0 Å². The molecule has 1 atom stereocenters. The number of carbonyl (C=O) groups is 3. The molecule has 0 radical (unpaired) electrons. The van der Waals surface area contributed by atoms with Crippen LogP contribution in [0.3, 0.4) is 0 Å². The number of imide groups is 1. The second-order valence-corrected chi connectivity index (χ2v) is 10.2. The van der Waals surface area contributed by atoms with Crippen molar-refractivity contribution in [2.24, 2.45) is 0 Å². The monoisotopic (exact) mass is 494 g/mol. The van der Waals surface area contributed by atoms with Crippen molar-refractivity contribution in [2.45, 2.75) is 32.1 Å². The molecule has 0 spiro atoms. The van der Waals surface area contributed by atoms with Gasteiger partial charge in [0.1, 0.15) is 5.82 Å². The Hall–Kier alpha value is -3.26. The first-order chi connectivity index (χ1) is 17.1. The number of likely N-dealkylation sites (tertiary alicyclic amines) is 1. The highest BCUT2D eigenvalue weighted by molar-refractivity contribution is 6.10. The summed E-state index contributed by atoms with van der Waals surface area (Å²) in [5.74, 6) is -1.41. The van der Waals surface area contributed by atoms with Gasteiger partial charge in [-0.05, 0) is 62.8 Å². The average molecular weight is 495 g/mol. The van der Waals surface area contributed by atoms with Crippen LogP contribution in [-0.2, 0) is 19.8 Å². The standard InChI is InChI=1S/C28H35FN4O3/c1-20-7-5-10-24(21(20)2)31-12-14-32(15-13-31)25(34)18-28(22-8-6-9-23(29)17-22)19-26(35)33(27(28)36)16-11-30(3)4/h5-10,17H,11-16,18-19H2,1-4H3/t28-/m0/s1. The maximum Gasteiger partial charge on any atom is 0.240 e. The lowest BCUT2D eigenvalue weighted by atomic mass is 9.75. The third-order valence-electron chi connectivity index (χ3n) is 7.56. The third-order valence-corrected chi connectivity index (χ3v) is 7.56. The molecular weight excluding hydrogens is 459 g/mol. The Morgan fingerprint density at radius 2 is 1.72 bits per heavy atom. The van der Waals surface area contributed by atoms with E-state index in [-0.39, 0.29) is 31.2 Å². The summed E-state index contributed by atoms with van der Waals surface area (Å²) < 4.78 is 14.2. The van der Waals surface area contributed by atoms with Crippen molar-refractivity contribution in [3.05, 3.63) is 65.0 Å². The van der Waals surface area contributed by atoms with E-state index >= 15 is 0 Å².